The maximum absolute atomic E-state index is 12.1. The first-order valence-corrected chi connectivity index (χ1v) is 8.74. The van der Waals surface area contributed by atoms with Gasteiger partial charge < -0.3 is 19.7 Å². The molecule has 0 bridgehead atoms. The van der Waals surface area contributed by atoms with E-state index >= 15 is 0 Å². The van der Waals surface area contributed by atoms with Crippen LogP contribution in [0.15, 0.2) is 0 Å². The van der Waals surface area contributed by atoms with Gasteiger partial charge in [0.1, 0.15) is 5.60 Å². The topological polar surface area (TPSA) is 50.8 Å². The number of hydrogen-bond donors (Lipinski definition) is 1. The van der Waals surface area contributed by atoms with E-state index in [1.807, 2.05) is 25.7 Å². The van der Waals surface area contributed by atoms with Crippen molar-refractivity contribution in [3.8, 4) is 0 Å². The van der Waals surface area contributed by atoms with Crippen LogP contribution in [0.5, 0.6) is 0 Å². The van der Waals surface area contributed by atoms with Gasteiger partial charge in [-0.05, 0) is 71.9 Å². The zero-order valence-electron chi connectivity index (χ0n) is 14.4. The highest BCUT2D eigenvalue weighted by molar-refractivity contribution is 5.68. The summed E-state index contributed by atoms with van der Waals surface area (Å²) in [6.07, 6.45) is 5.79. The molecule has 0 spiro atoms. The Morgan fingerprint density at radius 2 is 1.95 bits per heavy atom. The minimum Gasteiger partial charge on any atom is -0.444 e. The standard InChI is InChI=1S/C17H32N2O3/c1-17(2,3)22-16(20)19-11-4-5-14(13-19)8-12-21-15-6-9-18-10-7-15/h14-15,18H,4-13H2,1-3H3. The van der Waals surface area contributed by atoms with Gasteiger partial charge in [-0.2, -0.15) is 0 Å². The second-order valence-electron chi connectivity index (χ2n) is 7.54. The zero-order valence-corrected chi connectivity index (χ0v) is 14.4. The Morgan fingerprint density at radius 1 is 1.23 bits per heavy atom. The number of rotatable bonds is 4. The number of carbonyl (C=O) groups is 1. The first kappa shape index (κ1) is 17.5. The van der Waals surface area contributed by atoms with E-state index in [4.69, 9.17) is 9.47 Å². The van der Waals surface area contributed by atoms with E-state index in [2.05, 4.69) is 5.32 Å². The van der Waals surface area contributed by atoms with Gasteiger partial charge in [0.05, 0.1) is 6.10 Å². The molecule has 5 nitrogen and oxygen atoms in total. The second kappa shape index (κ2) is 8.16. The Bertz CT molecular complexity index is 348. The van der Waals surface area contributed by atoms with Crippen LogP contribution in [0.1, 0.15) is 52.9 Å². The van der Waals surface area contributed by atoms with Crippen molar-refractivity contribution in [2.75, 3.05) is 32.8 Å². The van der Waals surface area contributed by atoms with Crippen molar-refractivity contribution in [2.24, 2.45) is 5.92 Å². The minimum atomic E-state index is -0.415. The van der Waals surface area contributed by atoms with Crippen molar-refractivity contribution in [3.63, 3.8) is 0 Å². The largest absolute Gasteiger partial charge is 0.444 e. The summed E-state index contributed by atoms with van der Waals surface area (Å²) in [6.45, 7) is 10.3. The number of nitrogens with zero attached hydrogens (tertiary/aromatic N) is 1. The molecule has 2 aliphatic rings. The molecule has 0 aromatic rings. The maximum atomic E-state index is 12.1. The van der Waals surface area contributed by atoms with Crippen LogP contribution in [0.2, 0.25) is 0 Å². The normalized spacial score (nSPS) is 24.3. The molecule has 0 radical (unpaired) electrons. The number of piperidine rings is 2. The third-order valence-electron chi connectivity index (χ3n) is 4.34. The van der Waals surface area contributed by atoms with Crippen LogP contribution in [0.3, 0.4) is 0 Å². The van der Waals surface area contributed by atoms with Crippen LogP contribution in [-0.4, -0.2) is 55.5 Å². The van der Waals surface area contributed by atoms with Gasteiger partial charge in [-0.1, -0.05) is 0 Å². The molecule has 5 heteroatoms. The fourth-order valence-electron chi connectivity index (χ4n) is 3.16. The second-order valence-corrected chi connectivity index (χ2v) is 7.54. The summed E-state index contributed by atoms with van der Waals surface area (Å²) in [6, 6.07) is 0. The van der Waals surface area contributed by atoms with Gasteiger partial charge >= 0.3 is 6.09 Å². The smallest absolute Gasteiger partial charge is 0.410 e. The molecule has 1 N–H and O–H groups in total. The number of ether oxygens (including phenoxy) is 2. The van der Waals surface area contributed by atoms with Crippen molar-refractivity contribution in [2.45, 2.75) is 64.6 Å². The van der Waals surface area contributed by atoms with Gasteiger partial charge in [0.2, 0.25) is 0 Å². The van der Waals surface area contributed by atoms with Gasteiger partial charge in [0, 0.05) is 19.7 Å². The van der Waals surface area contributed by atoms with Crippen molar-refractivity contribution in [1.29, 1.82) is 0 Å². The molecule has 2 fully saturated rings. The number of likely N-dealkylation sites (tertiary alicyclic amines) is 1. The molecule has 22 heavy (non-hydrogen) atoms. The summed E-state index contributed by atoms with van der Waals surface area (Å²) in [5, 5.41) is 3.35. The summed E-state index contributed by atoms with van der Waals surface area (Å²) < 4.78 is 11.5. The predicted octanol–water partition coefficient (Wildman–Crippen LogP) is 2.79. The molecule has 0 aromatic heterocycles. The number of hydrogen-bond acceptors (Lipinski definition) is 4. The predicted molar refractivity (Wildman–Crippen MR) is 87.0 cm³/mol. The van der Waals surface area contributed by atoms with Gasteiger partial charge in [-0.25, -0.2) is 4.79 Å². The summed E-state index contributed by atoms with van der Waals surface area (Å²) in [4.78, 5) is 14.0. The lowest BCUT2D eigenvalue weighted by molar-refractivity contribution is 0.00492. The Labute approximate surface area is 134 Å². The van der Waals surface area contributed by atoms with Crippen molar-refractivity contribution in [1.82, 2.24) is 10.2 Å². The number of nitrogens with one attached hydrogen (secondary N) is 1. The lowest BCUT2D eigenvalue weighted by atomic mass is 9.95. The number of carbonyl (C=O) groups excluding carboxylic acids is 1. The van der Waals surface area contributed by atoms with Crippen LogP contribution in [0, 0.1) is 5.92 Å². The van der Waals surface area contributed by atoms with Crippen molar-refractivity contribution < 1.29 is 14.3 Å². The van der Waals surface area contributed by atoms with E-state index in [1.54, 1.807) is 0 Å². The maximum Gasteiger partial charge on any atom is 0.410 e. The first-order valence-electron chi connectivity index (χ1n) is 8.74. The SMILES string of the molecule is CC(C)(C)OC(=O)N1CCCC(CCOC2CCNCC2)C1. The summed E-state index contributed by atoms with van der Waals surface area (Å²) in [7, 11) is 0. The molecule has 2 rings (SSSR count). The van der Waals surface area contributed by atoms with Gasteiger partial charge in [0.25, 0.3) is 0 Å². The molecular weight excluding hydrogens is 280 g/mol. The van der Waals surface area contributed by atoms with Crippen LogP contribution in [0.4, 0.5) is 4.79 Å². The molecule has 2 saturated heterocycles. The van der Waals surface area contributed by atoms with E-state index in [1.165, 1.54) is 6.42 Å². The van der Waals surface area contributed by atoms with Crippen LogP contribution < -0.4 is 5.32 Å². The highest BCUT2D eigenvalue weighted by Crippen LogP contribution is 2.22. The molecule has 1 amide bonds. The molecule has 2 heterocycles. The summed E-state index contributed by atoms with van der Waals surface area (Å²) >= 11 is 0. The highest BCUT2D eigenvalue weighted by Gasteiger charge is 2.27. The fraction of sp³-hybridized carbons (Fsp3) is 0.941. The van der Waals surface area contributed by atoms with Crippen LogP contribution in [-0.2, 0) is 9.47 Å². The monoisotopic (exact) mass is 312 g/mol. The van der Waals surface area contributed by atoms with E-state index in [9.17, 15) is 4.79 Å². The van der Waals surface area contributed by atoms with Gasteiger partial charge in [-0.3, -0.25) is 0 Å². The quantitative estimate of drug-likeness (QED) is 0.867. The van der Waals surface area contributed by atoms with E-state index in [0.29, 0.717) is 12.0 Å². The molecule has 0 saturated carbocycles. The Kier molecular flexibility index (Phi) is 6.50. The zero-order chi connectivity index (χ0) is 16.0. The van der Waals surface area contributed by atoms with Gasteiger partial charge in [0.15, 0.2) is 0 Å². The average Bonchev–Trinajstić information content (AvgIpc) is 2.47. The molecule has 0 aliphatic carbocycles. The van der Waals surface area contributed by atoms with Gasteiger partial charge in [-0.15, -0.1) is 0 Å². The molecular formula is C17H32N2O3. The van der Waals surface area contributed by atoms with E-state index in [0.717, 1.165) is 58.5 Å². The third-order valence-corrected chi connectivity index (χ3v) is 4.34. The Morgan fingerprint density at radius 3 is 2.64 bits per heavy atom. The highest BCUT2D eigenvalue weighted by atomic mass is 16.6. The summed E-state index contributed by atoms with van der Waals surface area (Å²) in [5.74, 6) is 0.544. The fourth-order valence-corrected chi connectivity index (χ4v) is 3.16. The minimum absolute atomic E-state index is 0.170. The van der Waals surface area contributed by atoms with Crippen molar-refractivity contribution in [3.05, 3.63) is 0 Å². The Hall–Kier alpha value is -0.810. The lowest BCUT2D eigenvalue weighted by Gasteiger charge is -2.34. The summed E-state index contributed by atoms with van der Waals surface area (Å²) in [5.41, 5.74) is -0.415. The van der Waals surface area contributed by atoms with E-state index < -0.39 is 5.60 Å². The van der Waals surface area contributed by atoms with Crippen LogP contribution >= 0.6 is 0 Å². The molecule has 1 atom stereocenters. The first-order chi connectivity index (χ1) is 10.4. The molecule has 0 aromatic carbocycles. The molecule has 2 aliphatic heterocycles. The van der Waals surface area contributed by atoms with E-state index in [-0.39, 0.29) is 6.09 Å². The molecule has 1 unspecified atom stereocenters. The lowest BCUT2D eigenvalue weighted by Crippen LogP contribution is -2.43. The number of amides is 1. The Balaban J connectivity index is 1.67. The average molecular weight is 312 g/mol. The third kappa shape index (κ3) is 6.13. The van der Waals surface area contributed by atoms with Crippen molar-refractivity contribution >= 4 is 6.09 Å². The van der Waals surface area contributed by atoms with Crippen LogP contribution in [0.25, 0.3) is 0 Å². The molecule has 128 valence electrons.